The molecule has 0 N–H and O–H groups in total. The third-order valence-electron chi connectivity index (χ3n) is 3.73. The topological polar surface area (TPSA) is 80.0 Å². The van der Waals surface area contributed by atoms with Gasteiger partial charge < -0.3 is 23.5 Å². The highest BCUT2D eigenvalue weighted by Crippen LogP contribution is 2.23. The van der Waals surface area contributed by atoms with Gasteiger partial charge in [0.1, 0.15) is 29.5 Å². The van der Waals surface area contributed by atoms with E-state index in [2.05, 4.69) is 5.16 Å². The molecule has 3 aromatic rings. The zero-order chi connectivity index (χ0) is 19.1. The number of aromatic nitrogens is 1. The zero-order valence-corrected chi connectivity index (χ0v) is 15.0. The fraction of sp³-hybridized carbons (Fsp3) is 0.200. The number of nitrogens with zero attached hydrogens (tertiary/aromatic N) is 1. The number of carbonyl (C=O) groups is 1. The van der Waals surface area contributed by atoms with E-state index in [1.54, 1.807) is 44.6 Å². The van der Waals surface area contributed by atoms with Crippen LogP contribution in [0.4, 0.5) is 0 Å². The van der Waals surface area contributed by atoms with E-state index in [4.69, 9.17) is 23.5 Å². The molecule has 0 fully saturated rings. The molecular weight excluding hydrogens is 350 g/mol. The molecule has 0 saturated carbocycles. The Bertz CT molecular complexity index is 870. The summed E-state index contributed by atoms with van der Waals surface area (Å²) in [5.41, 5.74) is 1.36. The lowest BCUT2D eigenvalue weighted by Crippen LogP contribution is -2.14. The molecule has 1 aromatic heterocycles. The number of methoxy groups -OCH3 is 2. The Morgan fingerprint density at radius 2 is 1.52 bits per heavy atom. The summed E-state index contributed by atoms with van der Waals surface area (Å²) in [5.74, 6) is 2.10. The number of benzene rings is 2. The van der Waals surface area contributed by atoms with Crippen molar-refractivity contribution < 1.29 is 28.3 Å². The maximum atomic E-state index is 11.8. The van der Waals surface area contributed by atoms with Crippen LogP contribution in [0.25, 0.3) is 11.3 Å². The first-order chi connectivity index (χ1) is 13.2. The Labute approximate surface area is 156 Å². The number of ether oxygens (including phenoxy) is 4. The van der Waals surface area contributed by atoms with Crippen LogP contribution in [0.5, 0.6) is 17.2 Å². The Hall–Kier alpha value is -3.48. The van der Waals surface area contributed by atoms with Gasteiger partial charge in [0.2, 0.25) is 0 Å². The highest BCUT2D eigenvalue weighted by Gasteiger charge is 2.10. The van der Waals surface area contributed by atoms with Crippen molar-refractivity contribution in [1.82, 2.24) is 5.16 Å². The zero-order valence-electron chi connectivity index (χ0n) is 15.0. The van der Waals surface area contributed by atoms with Crippen molar-refractivity contribution in [2.24, 2.45) is 0 Å². The summed E-state index contributed by atoms with van der Waals surface area (Å²) in [4.78, 5) is 11.8. The van der Waals surface area contributed by atoms with Crippen LogP contribution in [0.1, 0.15) is 5.69 Å². The lowest BCUT2D eigenvalue weighted by atomic mass is 10.1. The van der Waals surface area contributed by atoms with Crippen LogP contribution < -0.4 is 14.2 Å². The number of hydrogen-bond donors (Lipinski definition) is 0. The van der Waals surface area contributed by atoms with Gasteiger partial charge >= 0.3 is 5.97 Å². The van der Waals surface area contributed by atoms with Gasteiger partial charge in [-0.3, -0.25) is 0 Å². The number of rotatable bonds is 8. The second kappa shape index (κ2) is 8.75. The van der Waals surface area contributed by atoms with Crippen LogP contribution in [-0.2, 0) is 16.1 Å². The molecule has 140 valence electrons. The van der Waals surface area contributed by atoms with Crippen LogP contribution in [-0.4, -0.2) is 32.0 Å². The van der Waals surface area contributed by atoms with Gasteiger partial charge in [-0.15, -0.1) is 0 Å². The van der Waals surface area contributed by atoms with Crippen LogP contribution >= 0.6 is 0 Å². The number of hydrogen-bond acceptors (Lipinski definition) is 7. The van der Waals surface area contributed by atoms with E-state index in [0.717, 1.165) is 11.3 Å². The third kappa shape index (κ3) is 5.01. The predicted octanol–water partition coefficient (Wildman–Crippen LogP) is 3.48. The summed E-state index contributed by atoms with van der Waals surface area (Å²) in [6.45, 7) is -0.194. The van der Waals surface area contributed by atoms with Gasteiger partial charge in [-0.05, 0) is 48.5 Å². The minimum atomic E-state index is -0.500. The minimum Gasteiger partial charge on any atom is -0.497 e. The Kier molecular flexibility index (Phi) is 5.94. The molecule has 0 spiro atoms. The lowest BCUT2D eigenvalue weighted by molar-refractivity contribution is -0.147. The largest absolute Gasteiger partial charge is 0.497 e. The quantitative estimate of drug-likeness (QED) is 0.562. The van der Waals surface area contributed by atoms with E-state index >= 15 is 0 Å². The first kappa shape index (κ1) is 18.3. The average molecular weight is 369 g/mol. The van der Waals surface area contributed by atoms with Crippen LogP contribution in [0.3, 0.4) is 0 Å². The molecule has 0 unspecified atom stereocenters. The highest BCUT2D eigenvalue weighted by atomic mass is 16.6. The van der Waals surface area contributed by atoms with Crippen molar-refractivity contribution in [3.8, 4) is 28.6 Å². The molecule has 0 aliphatic heterocycles. The summed E-state index contributed by atoms with van der Waals surface area (Å²) in [5, 5.41) is 3.91. The molecule has 7 heteroatoms. The van der Waals surface area contributed by atoms with E-state index in [1.165, 1.54) is 0 Å². The first-order valence-corrected chi connectivity index (χ1v) is 8.20. The number of carbonyl (C=O) groups excluding carboxylic acids is 1. The summed E-state index contributed by atoms with van der Waals surface area (Å²) in [6.07, 6.45) is 0. The van der Waals surface area contributed by atoms with Crippen molar-refractivity contribution in [3.05, 3.63) is 60.3 Å². The fourth-order valence-electron chi connectivity index (χ4n) is 2.28. The molecule has 0 aliphatic carbocycles. The normalized spacial score (nSPS) is 10.3. The number of esters is 1. The van der Waals surface area contributed by atoms with E-state index in [1.807, 2.05) is 24.3 Å². The maximum Gasteiger partial charge on any atom is 0.344 e. The molecule has 0 aliphatic rings. The highest BCUT2D eigenvalue weighted by molar-refractivity contribution is 5.71. The SMILES string of the molecule is COc1ccc(OCC(=O)OCc2cc(-c3ccc(OC)cc3)on2)cc1. The van der Waals surface area contributed by atoms with Gasteiger partial charge in [0.05, 0.1) is 14.2 Å². The summed E-state index contributed by atoms with van der Waals surface area (Å²) in [7, 11) is 3.19. The average Bonchev–Trinajstić information content (AvgIpc) is 3.20. The summed E-state index contributed by atoms with van der Waals surface area (Å²) >= 11 is 0. The van der Waals surface area contributed by atoms with Gasteiger partial charge in [-0.25, -0.2) is 4.79 Å². The molecule has 0 amide bonds. The van der Waals surface area contributed by atoms with Gasteiger partial charge in [0.15, 0.2) is 12.4 Å². The van der Waals surface area contributed by atoms with Gasteiger partial charge in [-0.1, -0.05) is 5.16 Å². The molecule has 0 radical (unpaired) electrons. The van der Waals surface area contributed by atoms with Crippen LogP contribution in [0, 0.1) is 0 Å². The summed E-state index contributed by atoms with van der Waals surface area (Å²) in [6, 6.07) is 16.0. The molecule has 27 heavy (non-hydrogen) atoms. The van der Waals surface area contributed by atoms with E-state index < -0.39 is 5.97 Å². The smallest absolute Gasteiger partial charge is 0.344 e. The fourth-order valence-corrected chi connectivity index (χ4v) is 2.28. The van der Waals surface area contributed by atoms with Crippen LogP contribution in [0.15, 0.2) is 59.1 Å². The standard InChI is InChI=1S/C20H19NO6/c1-23-16-5-3-14(4-6-16)19-11-15(21-27-19)12-26-20(22)13-25-18-9-7-17(24-2)8-10-18/h3-11H,12-13H2,1-2H3. The molecular formula is C20H19NO6. The lowest BCUT2D eigenvalue weighted by Gasteiger charge is -2.06. The molecule has 3 rings (SSSR count). The van der Waals surface area contributed by atoms with Crippen molar-refractivity contribution in [2.75, 3.05) is 20.8 Å². The van der Waals surface area contributed by atoms with Gasteiger partial charge in [-0.2, -0.15) is 0 Å². The van der Waals surface area contributed by atoms with Crippen molar-refractivity contribution >= 4 is 5.97 Å². The molecule has 1 heterocycles. The molecule has 0 saturated heterocycles. The predicted molar refractivity (Wildman–Crippen MR) is 96.8 cm³/mol. The Balaban J connectivity index is 1.47. The van der Waals surface area contributed by atoms with E-state index in [9.17, 15) is 4.79 Å². The van der Waals surface area contributed by atoms with E-state index in [-0.39, 0.29) is 13.2 Å². The van der Waals surface area contributed by atoms with Crippen LogP contribution in [0.2, 0.25) is 0 Å². The second-order valence-electron chi connectivity index (χ2n) is 5.54. The summed E-state index contributed by atoms with van der Waals surface area (Å²) < 4.78 is 26.0. The molecule has 0 bridgehead atoms. The maximum absolute atomic E-state index is 11.8. The van der Waals surface area contributed by atoms with E-state index in [0.29, 0.717) is 23.0 Å². The van der Waals surface area contributed by atoms with Crippen molar-refractivity contribution in [1.29, 1.82) is 0 Å². The molecule has 7 nitrogen and oxygen atoms in total. The second-order valence-corrected chi connectivity index (χ2v) is 5.54. The molecule has 2 aromatic carbocycles. The van der Waals surface area contributed by atoms with Gasteiger partial charge in [0.25, 0.3) is 0 Å². The van der Waals surface area contributed by atoms with Gasteiger partial charge in [0, 0.05) is 11.6 Å². The monoisotopic (exact) mass is 369 g/mol. The molecule has 0 atom stereocenters. The Morgan fingerprint density at radius 3 is 2.15 bits per heavy atom. The van der Waals surface area contributed by atoms with Crippen molar-refractivity contribution in [2.45, 2.75) is 6.61 Å². The van der Waals surface area contributed by atoms with Crippen molar-refractivity contribution in [3.63, 3.8) is 0 Å². The minimum absolute atomic E-state index is 0.00443. The third-order valence-corrected chi connectivity index (χ3v) is 3.73. The first-order valence-electron chi connectivity index (χ1n) is 8.20. The Morgan fingerprint density at radius 1 is 0.926 bits per heavy atom.